The predicted octanol–water partition coefficient (Wildman–Crippen LogP) is 2.33. The highest BCUT2D eigenvalue weighted by Crippen LogP contribution is 2.09. The third kappa shape index (κ3) is 4.68. The summed E-state index contributed by atoms with van der Waals surface area (Å²) in [5, 5.41) is 4.09. The van der Waals surface area contributed by atoms with Crippen LogP contribution in [0.4, 0.5) is 0 Å². The van der Waals surface area contributed by atoms with Gasteiger partial charge in [-0.1, -0.05) is 13.8 Å². The Balaban J connectivity index is 0.000000671. The molecule has 0 aromatic carbocycles. The van der Waals surface area contributed by atoms with E-state index in [-0.39, 0.29) is 5.60 Å². The van der Waals surface area contributed by atoms with Crippen LogP contribution in [-0.2, 0) is 11.3 Å². The molecule has 1 heterocycles. The fourth-order valence-electron chi connectivity index (χ4n) is 0.849. The fraction of sp³-hybridized carbons (Fsp3) is 0.700. The molecule has 13 heavy (non-hydrogen) atoms. The Kier molecular flexibility index (Phi) is 5.39. The van der Waals surface area contributed by atoms with Crippen molar-refractivity contribution in [2.75, 3.05) is 7.11 Å². The molecule has 1 aromatic heterocycles. The van der Waals surface area contributed by atoms with Crippen LogP contribution < -0.4 is 0 Å². The average Bonchev–Trinajstić information content (AvgIpc) is 2.60. The van der Waals surface area contributed by atoms with Gasteiger partial charge < -0.3 is 4.74 Å². The molecule has 3 heteroatoms. The molecule has 0 saturated heterocycles. The number of hydrogen-bond acceptors (Lipinski definition) is 2. The summed E-state index contributed by atoms with van der Waals surface area (Å²) in [6.07, 6.45) is 3.70. The lowest BCUT2D eigenvalue weighted by molar-refractivity contribution is 0.00542. The van der Waals surface area contributed by atoms with Crippen LogP contribution in [0, 0.1) is 0 Å². The van der Waals surface area contributed by atoms with Crippen LogP contribution in [0.15, 0.2) is 18.5 Å². The molecule has 0 spiro atoms. The summed E-state index contributed by atoms with van der Waals surface area (Å²) in [5.41, 5.74) is -0.133. The molecule has 0 unspecified atom stereocenters. The largest absolute Gasteiger partial charge is 0.377 e. The zero-order valence-electron chi connectivity index (χ0n) is 9.24. The molecule has 0 amide bonds. The van der Waals surface area contributed by atoms with E-state index in [4.69, 9.17) is 4.74 Å². The van der Waals surface area contributed by atoms with Crippen molar-refractivity contribution >= 4 is 0 Å². The second-order valence-corrected chi connectivity index (χ2v) is 3.17. The van der Waals surface area contributed by atoms with Gasteiger partial charge in [0.2, 0.25) is 0 Å². The summed E-state index contributed by atoms with van der Waals surface area (Å²) in [4.78, 5) is 0. The van der Waals surface area contributed by atoms with Gasteiger partial charge in [0.1, 0.15) is 0 Å². The molecule has 1 rings (SSSR count). The molecule has 0 saturated carbocycles. The highest BCUT2D eigenvalue weighted by Gasteiger charge is 2.16. The standard InChI is InChI=1S/C8H14N2O.C2H6/c1-8(2,11-3)7-10-6-4-5-9-10;1-2/h4-6H,7H2,1-3H3;1-2H3. The van der Waals surface area contributed by atoms with Crippen LogP contribution >= 0.6 is 0 Å². The van der Waals surface area contributed by atoms with Gasteiger partial charge in [-0.15, -0.1) is 0 Å². The zero-order valence-corrected chi connectivity index (χ0v) is 9.24. The molecule has 1 aromatic rings. The SMILES string of the molecule is CC.COC(C)(C)Cn1cccn1. The van der Waals surface area contributed by atoms with Crippen LogP contribution in [0.1, 0.15) is 27.7 Å². The Labute approximate surface area is 80.7 Å². The van der Waals surface area contributed by atoms with E-state index in [0.717, 1.165) is 6.54 Å². The molecule has 0 aliphatic rings. The minimum atomic E-state index is -0.133. The van der Waals surface area contributed by atoms with Crippen molar-refractivity contribution in [3.05, 3.63) is 18.5 Å². The summed E-state index contributed by atoms with van der Waals surface area (Å²) < 4.78 is 7.11. The number of nitrogens with zero attached hydrogens (tertiary/aromatic N) is 2. The molecule has 76 valence electrons. The molecule has 0 bridgehead atoms. The van der Waals surface area contributed by atoms with Crippen LogP contribution in [0.2, 0.25) is 0 Å². The lowest BCUT2D eigenvalue weighted by Gasteiger charge is -2.22. The Morgan fingerprint density at radius 3 is 2.38 bits per heavy atom. The van der Waals surface area contributed by atoms with Crippen molar-refractivity contribution in [1.29, 1.82) is 0 Å². The number of rotatable bonds is 3. The van der Waals surface area contributed by atoms with E-state index in [1.807, 2.05) is 44.6 Å². The van der Waals surface area contributed by atoms with Crippen LogP contribution in [0.5, 0.6) is 0 Å². The predicted molar refractivity (Wildman–Crippen MR) is 54.7 cm³/mol. The van der Waals surface area contributed by atoms with Gasteiger partial charge in [0.15, 0.2) is 0 Å². The van der Waals surface area contributed by atoms with E-state index in [2.05, 4.69) is 5.10 Å². The van der Waals surface area contributed by atoms with Gasteiger partial charge in [0.25, 0.3) is 0 Å². The van der Waals surface area contributed by atoms with Crippen molar-refractivity contribution in [2.24, 2.45) is 0 Å². The maximum Gasteiger partial charge on any atom is 0.0817 e. The maximum atomic E-state index is 5.25. The first-order chi connectivity index (χ1) is 6.14. The third-order valence-electron chi connectivity index (χ3n) is 1.65. The van der Waals surface area contributed by atoms with Crippen molar-refractivity contribution in [3.8, 4) is 0 Å². The van der Waals surface area contributed by atoms with E-state index in [0.29, 0.717) is 0 Å². The second kappa shape index (κ2) is 5.75. The first-order valence-corrected chi connectivity index (χ1v) is 4.67. The molecule has 0 atom stereocenters. The number of methoxy groups -OCH3 is 1. The second-order valence-electron chi connectivity index (χ2n) is 3.17. The number of hydrogen-bond donors (Lipinski definition) is 0. The van der Waals surface area contributed by atoms with Crippen molar-refractivity contribution < 1.29 is 4.74 Å². The molecular weight excluding hydrogens is 164 g/mol. The van der Waals surface area contributed by atoms with Crippen LogP contribution in [0.3, 0.4) is 0 Å². The van der Waals surface area contributed by atoms with Gasteiger partial charge in [-0.3, -0.25) is 4.68 Å². The molecule has 0 radical (unpaired) electrons. The molecular formula is C10H20N2O. The summed E-state index contributed by atoms with van der Waals surface area (Å²) in [7, 11) is 1.71. The fourth-order valence-corrected chi connectivity index (χ4v) is 0.849. The van der Waals surface area contributed by atoms with Crippen molar-refractivity contribution in [2.45, 2.75) is 39.8 Å². The van der Waals surface area contributed by atoms with Gasteiger partial charge in [0, 0.05) is 19.5 Å². The van der Waals surface area contributed by atoms with Gasteiger partial charge in [-0.25, -0.2) is 0 Å². The smallest absolute Gasteiger partial charge is 0.0817 e. The summed E-state index contributed by atoms with van der Waals surface area (Å²) in [6, 6.07) is 1.91. The summed E-state index contributed by atoms with van der Waals surface area (Å²) in [6.45, 7) is 8.86. The minimum absolute atomic E-state index is 0.133. The quantitative estimate of drug-likeness (QED) is 0.721. The van der Waals surface area contributed by atoms with E-state index in [9.17, 15) is 0 Å². The monoisotopic (exact) mass is 184 g/mol. The van der Waals surface area contributed by atoms with Gasteiger partial charge >= 0.3 is 0 Å². The van der Waals surface area contributed by atoms with Crippen molar-refractivity contribution in [1.82, 2.24) is 9.78 Å². The molecule has 0 N–H and O–H groups in total. The zero-order chi connectivity index (χ0) is 10.3. The lowest BCUT2D eigenvalue weighted by atomic mass is 10.1. The molecule has 3 nitrogen and oxygen atoms in total. The minimum Gasteiger partial charge on any atom is -0.377 e. The maximum absolute atomic E-state index is 5.25. The average molecular weight is 184 g/mol. The Hall–Kier alpha value is -0.830. The normalized spacial score (nSPS) is 10.5. The topological polar surface area (TPSA) is 27.1 Å². The van der Waals surface area contributed by atoms with Gasteiger partial charge in [-0.05, 0) is 19.9 Å². The molecule has 0 fully saturated rings. The number of ether oxygens (including phenoxy) is 1. The molecule has 0 aliphatic heterocycles. The highest BCUT2D eigenvalue weighted by atomic mass is 16.5. The summed E-state index contributed by atoms with van der Waals surface area (Å²) in [5.74, 6) is 0. The number of aromatic nitrogens is 2. The van der Waals surface area contributed by atoms with E-state index in [1.165, 1.54) is 0 Å². The first-order valence-electron chi connectivity index (χ1n) is 4.67. The summed E-state index contributed by atoms with van der Waals surface area (Å²) >= 11 is 0. The Morgan fingerprint density at radius 1 is 1.38 bits per heavy atom. The third-order valence-corrected chi connectivity index (χ3v) is 1.65. The van der Waals surface area contributed by atoms with Crippen molar-refractivity contribution in [3.63, 3.8) is 0 Å². The van der Waals surface area contributed by atoms with E-state index < -0.39 is 0 Å². The van der Waals surface area contributed by atoms with E-state index in [1.54, 1.807) is 13.3 Å². The molecule has 0 aliphatic carbocycles. The first kappa shape index (κ1) is 12.2. The lowest BCUT2D eigenvalue weighted by Crippen LogP contribution is -2.29. The van der Waals surface area contributed by atoms with E-state index >= 15 is 0 Å². The Morgan fingerprint density at radius 2 is 2.00 bits per heavy atom. The van der Waals surface area contributed by atoms with Crippen LogP contribution in [-0.4, -0.2) is 22.5 Å². The van der Waals surface area contributed by atoms with Crippen LogP contribution in [0.25, 0.3) is 0 Å². The van der Waals surface area contributed by atoms with Gasteiger partial charge in [0.05, 0.1) is 12.1 Å². The highest BCUT2D eigenvalue weighted by molar-refractivity contribution is 4.80. The van der Waals surface area contributed by atoms with Gasteiger partial charge in [-0.2, -0.15) is 5.10 Å². The Bertz CT molecular complexity index is 205.